The molecule has 23 heavy (non-hydrogen) atoms. The first kappa shape index (κ1) is 17.7. The van der Waals surface area contributed by atoms with Crippen molar-refractivity contribution >= 4 is 29.9 Å². The molecular formula is C15H24ClN5O2. The molecule has 1 atom stereocenters. The van der Waals surface area contributed by atoms with Crippen LogP contribution in [0, 0.1) is 0 Å². The maximum Gasteiger partial charge on any atom is 0.219 e. The molecule has 0 bridgehead atoms. The van der Waals surface area contributed by atoms with Crippen LogP contribution in [0.5, 0.6) is 0 Å². The molecule has 1 amide bonds. The normalized spacial score (nSPS) is 21.8. The monoisotopic (exact) mass is 341 g/mol. The third-order valence-electron chi connectivity index (χ3n) is 4.31. The summed E-state index contributed by atoms with van der Waals surface area (Å²) in [4.78, 5) is 26.6. The lowest BCUT2D eigenvalue weighted by atomic mass is 10.3. The van der Waals surface area contributed by atoms with Gasteiger partial charge in [-0.1, -0.05) is 0 Å². The minimum Gasteiger partial charge on any atom is -0.389 e. The van der Waals surface area contributed by atoms with Gasteiger partial charge in [-0.25, -0.2) is 9.97 Å². The van der Waals surface area contributed by atoms with Gasteiger partial charge in [-0.2, -0.15) is 0 Å². The highest BCUT2D eigenvalue weighted by molar-refractivity contribution is 5.85. The molecule has 2 saturated heterocycles. The molecule has 0 spiro atoms. The fourth-order valence-corrected chi connectivity index (χ4v) is 3.17. The van der Waals surface area contributed by atoms with Crippen LogP contribution in [-0.4, -0.2) is 71.3 Å². The van der Waals surface area contributed by atoms with Crippen molar-refractivity contribution in [2.75, 3.05) is 49.1 Å². The molecule has 1 N–H and O–H groups in total. The van der Waals surface area contributed by atoms with Crippen molar-refractivity contribution in [2.24, 2.45) is 0 Å². The number of hydrogen-bond acceptors (Lipinski definition) is 6. The Morgan fingerprint density at radius 3 is 2.26 bits per heavy atom. The number of halogens is 1. The zero-order valence-corrected chi connectivity index (χ0v) is 14.2. The third-order valence-corrected chi connectivity index (χ3v) is 4.31. The van der Waals surface area contributed by atoms with Gasteiger partial charge in [0.05, 0.1) is 6.10 Å². The zero-order valence-electron chi connectivity index (χ0n) is 13.4. The van der Waals surface area contributed by atoms with Crippen LogP contribution in [-0.2, 0) is 4.79 Å². The van der Waals surface area contributed by atoms with Crippen molar-refractivity contribution in [3.05, 3.63) is 12.4 Å². The third kappa shape index (κ3) is 4.03. The molecular weight excluding hydrogens is 318 g/mol. The highest BCUT2D eigenvalue weighted by Gasteiger charge is 2.27. The van der Waals surface area contributed by atoms with Crippen molar-refractivity contribution in [1.82, 2.24) is 14.9 Å². The summed E-state index contributed by atoms with van der Waals surface area (Å²) in [5.74, 6) is 1.71. The van der Waals surface area contributed by atoms with Crippen molar-refractivity contribution in [2.45, 2.75) is 25.9 Å². The minimum atomic E-state index is -0.570. The second-order valence-electron chi connectivity index (χ2n) is 5.96. The Morgan fingerprint density at radius 2 is 1.65 bits per heavy atom. The molecule has 2 fully saturated rings. The van der Waals surface area contributed by atoms with Crippen LogP contribution >= 0.6 is 12.4 Å². The second-order valence-corrected chi connectivity index (χ2v) is 5.96. The molecule has 0 radical (unpaired) electrons. The van der Waals surface area contributed by atoms with E-state index >= 15 is 0 Å². The van der Waals surface area contributed by atoms with E-state index in [1.54, 1.807) is 24.2 Å². The first-order valence-electron chi connectivity index (χ1n) is 7.89. The van der Waals surface area contributed by atoms with Crippen LogP contribution < -0.4 is 9.80 Å². The first-order valence-corrected chi connectivity index (χ1v) is 7.89. The van der Waals surface area contributed by atoms with E-state index in [1.165, 1.54) is 12.8 Å². The van der Waals surface area contributed by atoms with Crippen molar-refractivity contribution < 1.29 is 9.90 Å². The Hall–Kier alpha value is -1.60. The molecule has 1 aromatic rings. The number of aliphatic hydroxyl groups is 1. The van der Waals surface area contributed by atoms with Crippen LogP contribution in [0.2, 0.25) is 0 Å². The van der Waals surface area contributed by atoms with E-state index in [9.17, 15) is 9.90 Å². The molecule has 1 unspecified atom stereocenters. The number of hydrogen-bond donors (Lipinski definition) is 1. The summed E-state index contributed by atoms with van der Waals surface area (Å²) in [6.45, 7) is 5.66. The molecule has 0 aliphatic carbocycles. The Bertz CT molecular complexity index is 538. The number of anilines is 2. The summed E-state index contributed by atoms with van der Waals surface area (Å²) in [7, 11) is 0. The number of β-amino-alcohol motifs (C(OH)–C–C–N with tert-alkyl or cyclic N) is 1. The lowest BCUT2D eigenvalue weighted by Gasteiger charge is -2.27. The Balaban J connectivity index is 0.00000192. The predicted molar refractivity (Wildman–Crippen MR) is 91.2 cm³/mol. The van der Waals surface area contributed by atoms with Gasteiger partial charge in [0, 0.05) is 58.6 Å². The van der Waals surface area contributed by atoms with Crippen molar-refractivity contribution in [3.63, 3.8) is 0 Å². The van der Waals surface area contributed by atoms with E-state index in [0.717, 1.165) is 24.7 Å². The Morgan fingerprint density at radius 1 is 1.04 bits per heavy atom. The standard InChI is InChI=1S/C15H23N5O2.ClH/c1-12(21)19-8-9-20(11-13(22)10-19)15-14(16-4-5-17-15)18-6-2-3-7-18;/h4-5,13,22H,2-3,6-11H2,1H3;1H. The Kier molecular flexibility index (Phi) is 6.01. The molecule has 0 saturated carbocycles. The number of aromatic nitrogens is 2. The van der Waals surface area contributed by atoms with E-state index in [2.05, 4.69) is 14.9 Å². The van der Waals surface area contributed by atoms with Crippen LogP contribution in [0.15, 0.2) is 12.4 Å². The molecule has 0 aromatic carbocycles. The lowest BCUT2D eigenvalue weighted by molar-refractivity contribution is -0.129. The summed E-state index contributed by atoms with van der Waals surface area (Å²) < 4.78 is 0. The molecule has 2 aliphatic heterocycles. The summed E-state index contributed by atoms with van der Waals surface area (Å²) in [6.07, 6.45) is 5.19. The van der Waals surface area contributed by atoms with E-state index in [1.807, 2.05) is 4.90 Å². The average Bonchev–Trinajstić information content (AvgIpc) is 2.96. The van der Waals surface area contributed by atoms with Gasteiger partial charge in [0.2, 0.25) is 5.91 Å². The number of nitrogens with zero attached hydrogens (tertiary/aromatic N) is 5. The number of carbonyl (C=O) groups excluding carboxylic acids is 1. The minimum absolute atomic E-state index is 0. The molecule has 8 heteroatoms. The van der Waals surface area contributed by atoms with E-state index in [4.69, 9.17) is 0 Å². The number of aliphatic hydroxyl groups excluding tert-OH is 1. The highest BCUT2D eigenvalue weighted by Crippen LogP contribution is 2.28. The molecule has 3 heterocycles. The van der Waals surface area contributed by atoms with Crippen LogP contribution in [0.4, 0.5) is 11.6 Å². The molecule has 7 nitrogen and oxygen atoms in total. The summed E-state index contributed by atoms with van der Waals surface area (Å²) in [5, 5.41) is 10.2. The second kappa shape index (κ2) is 7.79. The molecule has 1 aromatic heterocycles. The number of carbonyl (C=O) groups is 1. The van der Waals surface area contributed by atoms with Crippen LogP contribution in [0.3, 0.4) is 0 Å². The van der Waals surface area contributed by atoms with Gasteiger partial charge in [-0.15, -0.1) is 12.4 Å². The summed E-state index contributed by atoms with van der Waals surface area (Å²) >= 11 is 0. The van der Waals surface area contributed by atoms with Gasteiger partial charge >= 0.3 is 0 Å². The SMILES string of the molecule is CC(=O)N1CCN(c2nccnc2N2CCCC2)CC(O)C1.Cl. The predicted octanol–water partition coefficient (Wildman–Crippen LogP) is 0.528. The van der Waals surface area contributed by atoms with Gasteiger partial charge in [0.15, 0.2) is 11.6 Å². The number of rotatable bonds is 2. The highest BCUT2D eigenvalue weighted by atomic mass is 35.5. The zero-order chi connectivity index (χ0) is 15.5. The van der Waals surface area contributed by atoms with Gasteiger partial charge in [0.25, 0.3) is 0 Å². The first-order chi connectivity index (χ1) is 10.6. The lowest BCUT2D eigenvalue weighted by Crippen LogP contribution is -2.36. The fraction of sp³-hybridized carbons (Fsp3) is 0.667. The Labute approximate surface area is 142 Å². The van der Waals surface area contributed by atoms with Gasteiger partial charge in [0.1, 0.15) is 0 Å². The average molecular weight is 342 g/mol. The molecule has 128 valence electrons. The molecule has 3 rings (SSSR count). The van der Waals surface area contributed by atoms with Crippen molar-refractivity contribution in [1.29, 1.82) is 0 Å². The van der Waals surface area contributed by atoms with Gasteiger partial charge in [-0.05, 0) is 12.8 Å². The van der Waals surface area contributed by atoms with E-state index in [-0.39, 0.29) is 18.3 Å². The maximum atomic E-state index is 11.6. The topological polar surface area (TPSA) is 72.8 Å². The largest absolute Gasteiger partial charge is 0.389 e. The van der Waals surface area contributed by atoms with E-state index < -0.39 is 6.10 Å². The van der Waals surface area contributed by atoms with Gasteiger partial charge in [-0.3, -0.25) is 4.79 Å². The van der Waals surface area contributed by atoms with E-state index in [0.29, 0.717) is 26.2 Å². The quantitative estimate of drug-likeness (QED) is 0.846. The van der Waals surface area contributed by atoms with Gasteiger partial charge < -0.3 is 19.8 Å². The number of amides is 1. The fourth-order valence-electron chi connectivity index (χ4n) is 3.17. The molecule has 2 aliphatic rings. The summed E-state index contributed by atoms with van der Waals surface area (Å²) in [5.41, 5.74) is 0. The smallest absolute Gasteiger partial charge is 0.219 e. The maximum absolute atomic E-state index is 11.6. The van der Waals surface area contributed by atoms with Crippen molar-refractivity contribution in [3.8, 4) is 0 Å². The van der Waals surface area contributed by atoms with Crippen LogP contribution in [0.1, 0.15) is 19.8 Å². The van der Waals surface area contributed by atoms with Crippen LogP contribution in [0.25, 0.3) is 0 Å². The summed E-state index contributed by atoms with van der Waals surface area (Å²) in [6, 6.07) is 0.